The van der Waals surface area contributed by atoms with Crippen molar-refractivity contribution in [3.8, 4) is 33.6 Å². The van der Waals surface area contributed by atoms with Gasteiger partial charge in [-0.25, -0.2) is 4.98 Å². The van der Waals surface area contributed by atoms with Gasteiger partial charge in [0.15, 0.2) is 0 Å². The minimum Gasteiger partial charge on any atom is -0.510 e. The number of benzene rings is 9. The zero-order chi connectivity index (χ0) is 53.9. The number of para-hydroxylation sites is 2. The normalized spacial score (nSPS) is 13.0. The summed E-state index contributed by atoms with van der Waals surface area (Å²) >= 11 is 0. The molecule has 364 valence electrons. The zero-order valence-corrected chi connectivity index (χ0v) is 44.1. The van der Waals surface area contributed by atoms with Crippen molar-refractivity contribution in [2.24, 2.45) is 0 Å². The molecule has 74 heavy (non-hydrogen) atoms. The SMILES string of the molecule is [2H]c1c([2H])c([2H])c(-c2ccc3c(c2)c2ccc4[c-]c2n3c2cccc(n2)c2cccc(c2)c2ccccc2c2cc(C(C)(C)C)cc(-c3cccc(C(C)(C)C)c3)c2n2[cH-]n(c3[c-]c(ccc3)o4)-c3ccccc3-2)c([2H])c1[2H].[Pt]. The van der Waals surface area contributed by atoms with E-state index in [4.69, 9.17) is 16.3 Å². The molecule has 9 aromatic carbocycles. The average molecular weight is 1140 g/mol. The van der Waals surface area contributed by atoms with Crippen LogP contribution in [0.1, 0.15) is 59.5 Å². The minimum absolute atomic E-state index is 0. The van der Waals surface area contributed by atoms with E-state index in [-0.39, 0.29) is 61.6 Å². The van der Waals surface area contributed by atoms with E-state index in [0.29, 0.717) is 27.9 Å². The van der Waals surface area contributed by atoms with Crippen molar-refractivity contribution in [3.05, 3.63) is 236 Å². The largest absolute Gasteiger partial charge is 0.510 e. The first kappa shape index (κ1) is 41.4. The minimum atomic E-state index is -0.433. The molecule has 0 radical (unpaired) electrons. The molecule has 1 aliphatic heterocycles. The molecule has 1 aliphatic rings. The molecule has 0 aliphatic carbocycles. The van der Waals surface area contributed by atoms with Crippen LogP contribution < -0.4 is 0 Å². The van der Waals surface area contributed by atoms with Crippen LogP contribution in [0.5, 0.6) is 0 Å². The smallest absolute Gasteiger partial charge is 0.136 e. The average Bonchev–Trinajstić information content (AvgIpc) is 4.11. The third-order valence-corrected chi connectivity index (χ3v) is 14.2. The number of aromatic nitrogens is 4. The molecule has 4 heterocycles. The van der Waals surface area contributed by atoms with Gasteiger partial charge in [-0.1, -0.05) is 199 Å². The van der Waals surface area contributed by atoms with Gasteiger partial charge in [-0.05, 0) is 112 Å². The van der Waals surface area contributed by atoms with Gasteiger partial charge in [0.05, 0.1) is 12.4 Å². The zero-order valence-electron chi connectivity index (χ0n) is 46.8. The summed E-state index contributed by atoms with van der Waals surface area (Å²) in [4.78, 5) is 5.41. The summed E-state index contributed by atoms with van der Waals surface area (Å²) in [6.45, 7) is 13.7. The molecule has 0 saturated heterocycles. The summed E-state index contributed by atoms with van der Waals surface area (Å²) < 4.78 is 56.2. The first-order chi connectivity index (χ1) is 37.5. The Bertz CT molecular complexity index is 4760. The van der Waals surface area contributed by atoms with E-state index in [9.17, 15) is 0 Å². The van der Waals surface area contributed by atoms with E-state index in [2.05, 4.69) is 189 Å². The van der Waals surface area contributed by atoms with E-state index in [1.165, 1.54) is 11.1 Å². The Morgan fingerprint density at radius 2 is 1.23 bits per heavy atom. The van der Waals surface area contributed by atoms with E-state index < -0.39 is 6.04 Å². The van der Waals surface area contributed by atoms with Crippen molar-refractivity contribution in [2.75, 3.05) is 0 Å². The molecule has 13 rings (SSSR count). The van der Waals surface area contributed by atoms with Gasteiger partial charge in [0.25, 0.3) is 0 Å². The molecule has 10 bridgehead atoms. The van der Waals surface area contributed by atoms with Crippen LogP contribution >= 0.6 is 0 Å². The van der Waals surface area contributed by atoms with Crippen LogP contribution in [-0.4, -0.2) is 18.5 Å². The quantitative estimate of drug-likeness (QED) is 0.162. The summed E-state index contributed by atoms with van der Waals surface area (Å²) in [5.74, 6) is 0. The molecular formula is C68H53N4OPt-3. The van der Waals surface area contributed by atoms with E-state index in [0.717, 1.165) is 82.3 Å². The predicted octanol–water partition coefficient (Wildman–Crippen LogP) is 18.1. The van der Waals surface area contributed by atoms with Crippen LogP contribution in [-0.2, 0) is 31.9 Å². The van der Waals surface area contributed by atoms with Crippen LogP contribution in [0.4, 0.5) is 0 Å². The third kappa shape index (κ3) is 8.17. The Morgan fingerprint density at radius 3 is 2.04 bits per heavy atom. The Labute approximate surface area is 452 Å². The number of imidazole rings is 1. The fraction of sp³-hybridized carbons (Fsp3) is 0.118. The van der Waals surface area contributed by atoms with Crippen molar-refractivity contribution in [2.45, 2.75) is 52.4 Å². The first-order valence-electron chi connectivity index (χ1n) is 27.3. The fourth-order valence-electron chi connectivity index (χ4n) is 10.4. The van der Waals surface area contributed by atoms with Gasteiger partial charge in [-0.15, -0.1) is 29.1 Å². The summed E-state index contributed by atoms with van der Waals surface area (Å²) in [5.41, 5.74) is 12.7. The van der Waals surface area contributed by atoms with Crippen LogP contribution in [0.3, 0.4) is 0 Å². The van der Waals surface area contributed by atoms with Gasteiger partial charge in [0.2, 0.25) is 0 Å². The topological polar surface area (TPSA) is 40.3 Å². The van der Waals surface area contributed by atoms with Crippen molar-refractivity contribution in [1.29, 1.82) is 0 Å². The van der Waals surface area contributed by atoms with Crippen molar-refractivity contribution < 1.29 is 32.3 Å². The summed E-state index contributed by atoms with van der Waals surface area (Å²) in [7, 11) is 0. The van der Waals surface area contributed by atoms with Gasteiger partial charge in [-0.3, -0.25) is 0 Å². The van der Waals surface area contributed by atoms with Gasteiger partial charge >= 0.3 is 0 Å². The molecule has 6 heteroatoms. The maximum atomic E-state index is 8.83. The summed E-state index contributed by atoms with van der Waals surface area (Å²) in [5, 5.41) is 6.83. The number of pyridine rings is 1. The molecule has 3 aromatic heterocycles. The molecule has 5 nitrogen and oxygen atoms in total. The maximum absolute atomic E-state index is 8.83. The molecular weight excluding hydrogens is 1080 g/mol. The maximum Gasteiger partial charge on any atom is 0.136 e. The Hall–Kier alpha value is -8.11. The second kappa shape index (κ2) is 18.1. The van der Waals surface area contributed by atoms with E-state index in [1.807, 2.05) is 60.7 Å². The number of nitrogens with zero attached hydrogens (tertiary/aromatic N) is 4. The summed E-state index contributed by atoms with van der Waals surface area (Å²) in [6, 6.07) is 66.7. The van der Waals surface area contributed by atoms with Gasteiger partial charge in [-0.2, -0.15) is 24.3 Å². The molecule has 0 saturated carbocycles. The number of hydrogen-bond acceptors (Lipinski definition) is 2. The second-order valence-electron chi connectivity index (χ2n) is 21.0. The molecule has 0 N–H and O–H groups in total. The monoisotopic (exact) mass is 1140 g/mol. The number of rotatable bonds is 2. The molecule has 0 unspecified atom stereocenters. The number of fused-ring (bicyclic) bond motifs is 23. The number of hydrogen-bond donors (Lipinski definition) is 0. The van der Waals surface area contributed by atoms with E-state index in [1.54, 1.807) is 0 Å². The van der Waals surface area contributed by atoms with Crippen LogP contribution in [0.25, 0.3) is 116 Å². The molecule has 0 spiro atoms. The second-order valence-corrected chi connectivity index (χ2v) is 21.0. The van der Waals surface area contributed by atoms with Crippen molar-refractivity contribution in [3.63, 3.8) is 0 Å². The predicted molar refractivity (Wildman–Crippen MR) is 305 cm³/mol. The Morgan fingerprint density at radius 1 is 0.514 bits per heavy atom. The molecule has 0 fully saturated rings. The molecule has 0 amide bonds. The molecule has 0 atom stereocenters. The Balaban J connectivity index is 0.00000623. The Kier molecular flexibility index (Phi) is 10.1. The fourth-order valence-corrected chi connectivity index (χ4v) is 10.4. The van der Waals surface area contributed by atoms with Gasteiger partial charge < -0.3 is 18.0 Å². The van der Waals surface area contributed by atoms with Gasteiger partial charge in [0, 0.05) is 49.5 Å². The van der Waals surface area contributed by atoms with Crippen LogP contribution in [0, 0.1) is 12.1 Å². The third-order valence-electron chi connectivity index (χ3n) is 14.2. The summed E-state index contributed by atoms with van der Waals surface area (Å²) in [6.07, 6.45) is 2.19. The van der Waals surface area contributed by atoms with Crippen LogP contribution in [0.15, 0.2) is 217 Å². The van der Waals surface area contributed by atoms with Gasteiger partial charge in [0.1, 0.15) is 5.65 Å². The van der Waals surface area contributed by atoms with E-state index >= 15 is 0 Å². The standard InChI is InChI=1S/C68H53N4O.Pt/c1-67(2,3)49-23-15-21-47(37-49)57-39-50(68(4,5)6)40-59-55-27-11-10-26-54(55)46-20-14-22-48(36-46)60-28-17-31-65(69-60)72-61-35-32-45(44-18-8-7-9-19-44)38-58(61)56-34-33-53(42-64(56)72)73-52-25-16-24-51(41-52)70-43-71(66(57)59)63-30-13-12-29-62(63)70;/h7-40,43H,1-6H3;/q-3;/i7D,8D,9D,18D,19D;. The van der Waals surface area contributed by atoms with Crippen molar-refractivity contribution >= 4 is 82.1 Å². The first-order valence-corrected chi connectivity index (χ1v) is 24.8. The molecule has 12 aromatic rings. The van der Waals surface area contributed by atoms with Crippen molar-refractivity contribution in [1.82, 2.24) is 18.5 Å². The van der Waals surface area contributed by atoms with Crippen LogP contribution in [0.2, 0.25) is 0 Å².